The molecule has 0 bridgehead atoms. The molecule has 2 atom stereocenters. The van der Waals surface area contributed by atoms with Crippen molar-refractivity contribution >= 4 is 17.1 Å². The Kier molecular flexibility index (Phi) is 4.46. The van der Waals surface area contributed by atoms with Crippen LogP contribution < -0.4 is 5.32 Å². The van der Waals surface area contributed by atoms with Crippen molar-refractivity contribution in [3.8, 4) is 0 Å². The predicted octanol–water partition coefficient (Wildman–Crippen LogP) is 2.74. The van der Waals surface area contributed by atoms with Crippen LogP contribution in [0, 0.1) is 5.41 Å². The van der Waals surface area contributed by atoms with Crippen LogP contribution >= 0.6 is 0 Å². The van der Waals surface area contributed by atoms with Gasteiger partial charge < -0.3 is 15.0 Å². The standard InChI is InChI=1S/C19H26N4O2/c1-2-25-15-12-14(19(15)9-3-4-10-19)22-17(24)8-7-16-21-13-6-5-11-20-18(13)23-16/h5-6,11,14-15H,2-4,7-10,12H2,1H3,(H,22,24)(H,20,21,23)/t14-,15+/m1/s1. The molecule has 2 saturated carbocycles. The van der Waals surface area contributed by atoms with E-state index in [1.165, 1.54) is 25.7 Å². The second kappa shape index (κ2) is 6.75. The van der Waals surface area contributed by atoms with E-state index in [1.54, 1.807) is 6.20 Å². The van der Waals surface area contributed by atoms with Gasteiger partial charge in [-0.2, -0.15) is 0 Å². The number of ether oxygens (including phenoxy) is 1. The van der Waals surface area contributed by atoms with E-state index >= 15 is 0 Å². The molecule has 2 aliphatic rings. The molecule has 0 saturated heterocycles. The fourth-order valence-corrected chi connectivity index (χ4v) is 4.60. The molecule has 2 fully saturated rings. The molecule has 2 aromatic heterocycles. The maximum Gasteiger partial charge on any atom is 0.220 e. The molecule has 25 heavy (non-hydrogen) atoms. The number of nitrogens with zero attached hydrogens (tertiary/aromatic N) is 2. The number of imidazole rings is 1. The highest BCUT2D eigenvalue weighted by Crippen LogP contribution is 2.54. The van der Waals surface area contributed by atoms with Crippen LogP contribution in [0.5, 0.6) is 0 Å². The maximum absolute atomic E-state index is 12.4. The number of fused-ring (bicyclic) bond motifs is 1. The summed E-state index contributed by atoms with van der Waals surface area (Å²) >= 11 is 0. The largest absolute Gasteiger partial charge is 0.378 e. The number of aryl methyl sites for hydroxylation is 1. The highest BCUT2D eigenvalue weighted by atomic mass is 16.5. The molecular weight excluding hydrogens is 316 g/mol. The summed E-state index contributed by atoms with van der Waals surface area (Å²) in [7, 11) is 0. The monoisotopic (exact) mass is 342 g/mol. The zero-order chi connectivity index (χ0) is 17.3. The molecule has 2 N–H and O–H groups in total. The van der Waals surface area contributed by atoms with Crippen molar-refractivity contribution in [2.24, 2.45) is 5.41 Å². The number of rotatable bonds is 6. The van der Waals surface area contributed by atoms with Crippen LogP contribution in [0.4, 0.5) is 0 Å². The van der Waals surface area contributed by atoms with E-state index in [9.17, 15) is 4.79 Å². The Bertz CT molecular complexity index is 718. The Balaban J connectivity index is 1.33. The minimum atomic E-state index is 0.111. The fourth-order valence-electron chi connectivity index (χ4n) is 4.60. The normalized spacial score (nSPS) is 24.5. The van der Waals surface area contributed by atoms with Crippen LogP contribution in [-0.4, -0.2) is 39.6 Å². The SMILES string of the molecule is CCO[C@H]1C[C@@H](NC(=O)CCc2nc3ncccc3[nH]2)C12CCCC2. The molecule has 1 spiro atoms. The van der Waals surface area contributed by atoms with Gasteiger partial charge in [-0.3, -0.25) is 4.79 Å². The third kappa shape index (κ3) is 3.03. The van der Waals surface area contributed by atoms with Crippen molar-refractivity contribution in [2.75, 3.05) is 6.61 Å². The van der Waals surface area contributed by atoms with Crippen molar-refractivity contribution in [3.63, 3.8) is 0 Å². The van der Waals surface area contributed by atoms with Gasteiger partial charge >= 0.3 is 0 Å². The predicted molar refractivity (Wildman–Crippen MR) is 95.1 cm³/mol. The van der Waals surface area contributed by atoms with E-state index in [2.05, 4.69) is 27.2 Å². The highest BCUT2D eigenvalue weighted by Gasteiger charge is 2.57. The summed E-state index contributed by atoms with van der Waals surface area (Å²) in [6.07, 6.45) is 8.93. The molecule has 0 radical (unpaired) electrons. The molecule has 6 nitrogen and oxygen atoms in total. The number of nitrogens with one attached hydrogen (secondary N) is 2. The van der Waals surface area contributed by atoms with E-state index in [4.69, 9.17) is 4.74 Å². The summed E-state index contributed by atoms with van der Waals surface area (Å²) in [6.45, 7) is 2.81. The van der Waals surface area contributed by atoms with E-state index in [0.717, 1.165) is 24.4 Å². The summed E-state index contributed by atoms with van der Waals surface area (Å²) in [5.41, 5.74) is 1.82. The average molecular weight is 342 g/mol. The minimum Gasteiger partial charge on any atom is -0.378 e. The van der Waals surface area contributed by atoms with Crippen LogP contribution in [-0.2, 0) is 16.0 Å². The van der Waals surface area contributed by atoms with Gasteiger partial charge in [0, 0.05) is 37.1 Å². The molecule has 0 unspecified atom stereocenters. The van der Waals surface area contributed by atoms with Crippen molar-refractivity contribution < 1.29 is 9.53 Å². The summed E-state index contributed by atoms with van der Waals surface area (Å²) in [5, 5.41) is 3.27. The lowest BCUT2D eigenvalue weighted by Gasteiger charge is -2.54. The van der Waals surface area contributed by atoms with Crippen molar-refractivity contribution in [2.45, 2.75) is 64.0 Å². The van der Waals surface area contributed by atoms with Crippen LogP contribution in [0.25, 0.3) is 11.2 Å². The number of pyridine rings is 1. The van der Waals surface area contributed by atoms with Crippen LogP contribution in [0.15, 0.2) is 18.3 Å². The highest BCUT2D eigenvalue weighted by molar-refractivity contribution is 5.77. The zero-order valence-electron chi connectivity index (χ0n) is 14.8. The van der Waals surface area contributed by atoms with Crippen molar-refractivity contribution in [1.29, 1.82) is 0 Å². The minimum absolute atomic E-state index is 0.111. The third-order valence-corrected chi connectivity index (χ3v) is 5.92. The van der Waals surface area contributed by atoms with Crippen molar-refractivity contribution in [3.05, 3.63) is 24.2 Å². The van der Waals surface area contributed by atoms with E-state index < -0.39 is 0 Å². The average Bonchev–Trinajstić information content (AvgIpc) is 3.27. The van der Waals surface area contributed by atoms with Crippen molar-refractivity contribution in [1.82, 2.24) is 20.3 Å². The van der Waals surface area contributed by atoms with Gasteiger partial charge in [0.1, 0.15) is 5.82 Å². The van der Waals surface area contributed by atoms with Gasteiger partial charge in [0.15, 0.2) is 5.65 Å². The number of hydrogen-bond acceptors (Lipinski definition) is 4. The smallest absolute Gasteiger partial charge is 0.220 e. The first-order valence-electron chi connectivity index (χ1n) is 9.42. The summed E-state index contributed by atoms with van der Waals surface area (Å²) < 4.78 is 5.92. The van der Waals surface area contributed by atoms with Crippen LogP contribution in [0.1, 0.15) is 51.3 Å². The number of aromatic nitrogens is 3. The van der Waals surface area contributed by atoms with Gasteiger partial charge in [-0.15, -0.1) is 0 Å². The Labute approximate surface area is 147 Å². The van der Waals surface area contributed by atoms with Crippen LogP contribution in [0.3, 0.4) is 0 Å². The molecule has 6 heteroatoms. The Hall–Kier alpha value is -1.95. The second-order valence-electron chi connectivity index (χ2n) is 7.30. The van der Waals surface area contributed by atoms with E-state index in [1.807, 2.05) is 12.1 Å². The Morgan fingerprint density at radius 1 is 1.44 bits per heavy atom. The van der Waals surface area contributed by atoms with E-state index in [-0.39, 0.29) is 17.4 Å². The summed E-state index contributed by atoms with van der Waals surface area (Å²) in [6, 6.07) is 4.10. The summed E-state index contributed by atoms with van der Waals surface area (Å²) in [4.78, 5) is 24.3. The van der Waals surface area contributed by atoms with Gasteiger partial charge in [-0.05, 0) is 38.3 Å². The van der Waals surface area contributed by atoms with Crippen LogP contribution in [0.2, 0.25) is 0 Å². The van der Waals surface area contributed by atoms with Gasteiger partial charge in [0.25, 0.3) is 0 Å². The number of H-pyrrole nitrogens is 1. The van der Waals surface area contributed by atoms with Gasteiger partial charge in [-0.25, -0.2) is 9.97 Å². The molecule has 2 heterocycles. The topological polar surface area (TPSA) is 79.9 Å². The first-order chi connectivity index (χ1) is 12.2. The lowest BCUT2D eigenvalue weighted by atomic mass is 9.60. The molecule has 4 rings (SSSR count). The number of amides is 1. The molecule has 0 aliphatic heterocycles. The Morgan fingerprint density at radius 3 is 3.04 bits per heavy atom. The molecular formula is C19H26N4O2. The lowest BCUT2D eigenvalue weighted by Crippen LogP contribution is -2.63. The number of aromatic amines is 1. The zero-order valence-corrected chi connectivity index (χ0v) is 14.8. The lowest BCUT2D eigenvalue weighted by molar-refractivity contribution is -0.144. The maximum atomic E-state index is 12.4. The number of carbonyl (C=O) groups excluding carboxylic acids is 1. The molecule has 1 amide bonds. The second-order valence-corrected chi connectivity index (χ2v) is 7.30. The first-order valence-corrected chi connectivity index (χ1v) is 9.42. The molecule has 134 valence electrons. The first kappa shape index (κ1) is 16.5. The van der Waals surface area contributed by atoms with Gasteiger partial charge in [0.2, 0.25) is 5.91 Å². The Morgan fingerprint density at radius 2 is 2.28 bits per heavy atom. The molecule has 0 aromatic carbocycles. The van der Waals surface area contributed by atoms with Gasteiger partial charge in [-0.1, -0.05) is 12.8 Å². The summed E-state index contributed by atoms with van der Waals surface area (Å²) in [5.74, 6) is 0.930. The number of carbonyl (C=O) groups is 1. The van der Waals surface area contributed by atoms with E-state index in [0.29, 0.717) is 24.6 Å². The fraction of sp³-hybridized carbons (Fsp3) is 0.632. The quantitative estimate of drug-likeness (QED) is 0.846. The molecule has 2 aliphatic carbocycles. The van der Waals surface area contributed by atoms with Gasteiger partial charge in [0.05, 0.1) is 11.6 Å². The third-order valence-electron chi connectivity index (χ3n) is 5.92. The molecule has 2 aromatic rings. The number of hydrogen-bond donors (Lipinski definition) is 2.